The van der Waals surface area contributed by atoms with Crippen molar-refractivity contribution in [2.45, 2.75) is 84.8 Å². The van der Waals surface area contributed by atoms with E-state index in [1.54, 1.807) is 0 Å². The molecule has 0 bridgehead atoms. The van der Waals surface area contributed by atoms with Gasteiger partial charge in [-0.05, 0) is 42.9 Å². The Labute approximate surface area is 125 Å². The van der Waals surface area contributed by atoms with Crippen molar-refractivity contribution in [2.75, 3.05) is 13.1 Å². The monoisotopic (exact) mass is 281 g/mol. The van der Waals surface area contributed by atoms with Crippen LogP contribution >= 0.6 is 0 Å². The Kier molecular flexibility index (Phi) is 5.92. The first-order valence-electron chi connectivity index (χ1n) is 9.07. The summed E-state index contributed by atoms with van der Waals surface area (Å²) in [5.41, 5.74) is 0.692. The largest absolute Gasteiger partial charge is 0.378 e. The predicted octanol–water partition coefficient (Wildman–Crippen LogP) is 4.42. The van der Waals surface area contributed by atoms with Crippen molar-refractivity contribution in [3.05, 3.63) is 0 Å². The Balaban J connectivity index is 1.75. The summed E-state index contributed by atoms with van der Waals surface area (Å²) >= 11 is 0. The van der Waals surface area contributed by atoms with E-state index in [2.05, 4.69) is 25.7 Å². The molecule has 2 rings (SSSR count). The molecule has 1 aliphatic carbocycles. The lowest BCUT2D eigenvalue weighted by Crippen LogP contribution is -2.43. The average Bonchev–Trinajstić information content (AvgIpc) is 3.13. The van der Waals surface area contributed by atoms with Crippen molar-refractivity contribution in [1.29, 1.82) is 0 Å². The summed E-state index contributed by atoms with van der Waals surface area (Å²) in [5, 5.41) is 10.5. The first-order valence-corrected chi connectivity index (χ1v) is 9.07. The van der Waals surface area contributed by atoms with Crippen LogP contribution in [0.5, 0.6) is 0 Å². The average molecular weight is 281 g/mol. The summed E-state index contributed by atoms with van der Waals surface area (Å²) < 4.78 is 0. The zero-order chi connectivity index (χ0) is 14.6. The van der Waals surface area contributed by atoms with Crippen molar-refractivity contribution in [3.8, 4) is 0 Å². The molecule has 1 aliphatic heterocycles. The molecule has 1 heterocycles. The highest BCUT2D eigenvalue weighted by Gasteiger charge is 2.53. The van der Waals surface area contributed by atoms with Crippen LogP contribution in [-0.2, 0) is 0 Å². The smallest absolute Gasteiger partial charge is 0.107 e. The second-order valence-electron chi connectivity index (χ2n) is 7.37. The summed E-state index contributed by atoms with van der Waals surface area (Å²) in [4.78, 5) is 2.36. The Morgan fingerprint density at radius 1 is 1.10 bits per heavy atom. The summed E-state index contributed by atoms with van der Waals surface area (Å²) in [7, 11) is 0. The van der Waals surface area contributed by atoms with Crippen LogP contribution in [0.25, 0.3) is 0 Å². The van der Waals surface area contributed by atoms with Gasteiger partial charge in [-0.1, -0.05) is 52.9 Å². The van der Waals surface area contributed by atoms with Gasteiger partial charge in [0.1, 0.15) is 6.23 Å². The van der Waals surface area contributed by atoms with Gasteiger partial charge in [-0.2, -0.15) is 0 Å². The van der Waals surface area contributed by atoms with Crippen LogP contribution in [0.3, 0.4) is 0 Å². The standard InChI is InChI=1S/C18H35NO/c1-4-7-15(8-5-2)13-17(20)19-11-9-18(10-12-19)14-16(18)6-3/h15-17,20H,4-14H2,1-3H3. The third kappa shape index (κ3) is 3.76. The maximum absolute atomic E-state index is 10.5. The van der Waals surface area contributed by atoms with E-state index in [0.717, 1.165) is 31.3 Å². The van der Waals surface area contributed by atoms with Crippen molar-refractivity contribution >= 4 is 0 Å². The fraction of sp³-hybridized carbons (Fsp3) is 1.00. The minimum Gasteiger partial charge on any atom is -0.378 e. The number of likely N-dealkylation sites (tertiary alicyclic amines) is 1. The van der Waals surface area contributed by atoms with E-state index in [4.69, 9.17) is 0 Å². The first-order chi connectivity index (χ1) is 9.65. The van der Waals surface area contributed by atoms with Gasteiger partial charge in [0.2, 0.25) is 0 Å². The molecule has 0 aromatic carbocycles. The van der Waals surface area contributed by atoms with Crippen LogP contribution in [0.15, 0.2) is 0 Å². The number of aliphatic hydroxyl groups excluding tert-OH is 1. The number of rotatable bonds is 8. The molecule has 0 aromatic heterocycles. The van der Waals surface area contributed by atoms with Crippen LogP contribution in [0, 0.1) is 17.3 Å². The van der Waals surface area contributed by atoms with Crippen molar-refractivity contribution in [2.24, 2.45) is 17.3 Å². The molecule has 1 saturated heterocycles. The lowest BCUT2D eigenvalue weighted by Gasteiger charge is -2.37. The van der Waals surface area contributed by atoms with Gasteiger partial charge in [0.25, 0.3) is 0 Å². The molecule has 1 spiro atoms. The molecule has 20 heavy (non-hydrogen) atoms. The van der Waals surface area contributed by atoms with Crippen LogP contribution in [0.4, 0.5) is 0 Å². The molecular weight excluding hydrogens is 246 g/mol. The quantitative estimate of drug-likeness (QED) is 0.712. The van der Waals surface area contributed by atoms with Gasteiger partial charge in [-0.15, -0.1) is 0 Å². The Morgan fingerprint density at radius 2 is 1.70 bits per heavy atom. The Morgan fingerprint density at radius 3 is 2.15 bits per heavy atom. The molecule has 1 N–H and O–H groups in total. The van der Waals surface area contributed by atoms with Crippen molar-refractivity contribution in [1.82, 2.24) is 4.90 Å². The SMILES string of the molecule is CCCC(CCC)CC(O)N1CCC2(CC1)CC2CC. The van der Waals surface area contributed by atoms with Gasteiger partial charge in [0, 0.05) is 13.1 Å². The van der Waals surface area contributed by atoms with Crippen LogP contribution in [-0.4, -0.2) is 29.3 Å². The van der Waals surface area contributed by atoms with Crippen LogP contribution in [0.2, 0.25) is 0 Å². The zero-order valence-corrected chi connectivity index (χ0v) is 13.9. The van der Waals surface area contributed by atoms with E-state index in [1.165, 1.54) is 51.4 Å². The van der Waals surface area contributed by atoms with E-state index >= 15 is 0 Å². The van der Waals surface area contributed by atoms with Crippen LogP contribution < -0.4 is 0 Å². The third-order valence-electron chi connectivity index (χ3n) is 6.00. The fourth-order valence-electron chi connectivity index (χ4n) is 4.53. The predicted molar refractivity (Wildman–Crippen MR) is 85.6 cm³/mol. The first kappa shape index (κ1) is 16.3. The summed E-state index contributed by atoms with van der Waals surface area (Å²) in [6, 6.07) is 0. The van der Waals surface area contributed by atoms with E-state index in [1.807, 2.05) is 0 Å². The Hall–Kier alpha value is -0.0800. The van der Waals surface area contributed by atoms with Gasteiger partial charge < -0.3 is 5.11 Å². The lowest BCUT2D eigenvalue weighted by atomic mass is 9.88. The highest BCUT2D eigenvalue weighted by Crippen LogP contribution is 2.60. The second-order valence-corrected chi connectivity index (χ2v) is 7.37. The molecule has 2 atom stereocenters. The third-order valence-corrected chi connectivity index (χ3v) is 6.00. The maximum Gasteiger partial charge on any atom is 0.107 e. The molecule has 2 fully saturated rings. The molecule has 2 nitrogen and oxygen atoms in total. The fourth-order valence-corrected chi connectivity index (χ4v) is 4.53. The minimum atomic E-state index is -0.186. The van der Waals surface area contributed by atoms with Gasteiger partial charge >= 0.3 is 0 Å². The topological polar surface area (TPSA) is 23.5 Å². The molecule has 118 valence electrons. The van der Waals surface area contributed by atoms with Gasteiger partial charge in [-0.25, -0.2) is 0 Å². The van der Waals surface area contributed by atoms with E-state index in [9.17, 15) is 5.11 Å². The number of hydrogen-bond acceptors (Lipinski definition) is 2. The van der Waals surface area contributed by atoms with Crippen molar-refractivity contribution in [3.63, 3.8) is 0 Å². The van der Waals surface area contributed by atoms with Crippen molar-refractivity contribution < 1.29 is 5.11 Å². The van der Waals surface area contributed by atoms with Gasteiger partial charge in [-0.3, -0.25) is 4.90 Å². The molecule has 2 heteroatoms. The van der Waals surface area contributed by atoms with E-state index < -0.39 is 0 Å². The number of piperidine rings is 1. The van der Waals surface area contributed by atoms with Gasteiger partial charge in [0.15, 0.2) is 0 Å². The number of hydrogen-bond donors (Lipinski definition) is 1. The Bertz CT molecular complexity index is 277. The second kappa shape index (κ2) is 7.26. The lowest BCUT2D eigenvalue weighted by molar-refractivity contribution is -0.0372. The number of nitrogens with zero attached hydrogens (tertiary/aromatic N) is 1. The minimum absolute atomic E-state index is 0.186. The molecule has 0 amide bonds. The molecule has 0 aromatic rings. The normalized spacial score (nSPS) is 27.1. The molecule has 2 aliphatic rings. The van der Waals surface area contributed by atoms with Crippen LogP contribution in [0.1, 0.15) is 78.6 Å². The van der Waals surface area contributed by atoms with E-state index in [-0.39, 0.29) is 6.23 Å². The molecule has 2 unspecified atom stereocenters. The zero-order valence-electron chi connectivity index (χ0n) is 13.9. The highest BCUT2D eigenvalue weighted by molar-refractivity contribution is 5.04. The summed E-state index contributed by atoms with van der Waals surface area (Å²) in [5.74, 6) is 1.72. The maximum atomic E-state index is 10.5. The highest BCUT2D eigenvalue weighted by atomic mass is 16.3. The molecule has 1 saturated carbocycles. The van der Waals surface area contributed by atoms with E-state index in [0.29, 0.717) is 5.41 Å². The molecule has 0 radical (unpaired) electrons. The molecular formula is C18H35NO. The summed E-state index contributed by atoms with van der Waals surface area (Å²) in [6.45, 7) is 9.11. The summed E-state index contributed by atoms with van der Waals surface area (Å²) in [6.07, 6.45) is 11.3. The number of aliphatic hydroxyl groups is 1. The van der Waals surface area contributed by atoms with Gasteiger partial charge in [0.05, 0.1) is 0 Å².